The fourth-order valence-corrected chi connectivity index (χ4v) is 1.90. The summed E-state index contributed by atoms with van der Waals surface area (Å²) in [4.78, 5) is 13.9. The van der Waals surface area contributed by atoms with Gasteiger partial charge in [0.05, 0.1) is 13.0 Å². The molecule has 0 radical (unpaired) electrons. The van der Waals surface area contributed by atoms with E-state index in [1.165, 1.54) is 0 Å². The Morgan fingerprint density at radius 1 is 1.25 bits per heavy atom. The molecule has 1 N–H and O–H groups in total. The Hall–Kier alpha value is -1.26. The number of hydrogen-bond acceptors (Lipinski definition) is 3. The molecule has 1 rings (SSSR count). The number of halogens is 1. The van der Waals surface area contributed by atoms with Crippen molar-refractivity contribution in [1.29, 1.82) is 0 Å². The first-order valence-electron chi connectivity index (χ1n) is 7.03. The number of nitrogens with zero attached hydrogens (tertiary/aromatic N) is 1. The van der Waals surface area contributed by atoms with Crippen LogP contribution in [0, 0.1) is 0 Å². The average Bonchev–Trinajstić information content (AvgIpc) is 2.46. The summed E-state index contributed by atoms with van der Waals surface area (Å²) in [5.41, 5.74) is 0. The molecule has 0 spiro atoms. The van der Waals surface area contributed by atoms with Crippen LogP contribution in [0.2, 0.25) is 5.02 Å². The summed E-state index contributed by atoms with van der Waals surface area (Å²) in [5.74, 6) is 0.747. The molecular weight excluding hydrogens is 276 g/mol. The van der Waals surface area contributed by atoms with Crippen LogP contribution in [0.3, 0.4) is 0 Å². The van der Waals surface area contributed by atoms with Crippen LogP contribution in [0.15, 0.2) is 24.3 Å². The molecule has 1 amide bonds. The first-order valence-corrected chi connectivity index (χ1v) is 7.41. The molecule has 112 valence electrons. The summed E-state index contributed by atoms with van der Waals surface area (Å²) in [5, 5.41) is 3.57. The highest BCUT2D eigenvalue weighted by Crippen LogP contribution is 2.15. The van der Waals surface area contributed by atoms with Crippen molar-refractivity contribution in [3.8, 4) is 5.75 Å². The monoisotopic (exact) mass is 298 g/mol. The van der Waals surface area contributed by atoms with Crippen molar-refractivity contribution >= 4 is 17.5 Å². The second-order valence-electron chi connectivity index (χ2n) is 4.43. The molecule has 0 bridgehead atoms. The van der Waals surface area contributed by atoms with Gasteiger partial charge in [-0.25, -0.2) is 0 Å². The lowest BCUT2D eigenvalue weighted by atomic mass is 10.3. The summed E-state index contributed by atoms with van der Waals surface area (Å²) < 4.78 is 5.47. The standard InChI is InChI=1S/C15H23ClN2O2/c1-3-18(4-2)11-10-17-15(19)9-12-20-14-7-5-13(16)6-8-14/h5-8H,3-4,9-12H2,1-2H3,(H,17,19). The molecular formula is C15H23ClN2O2. The third-order valence-corrected chi connectivity index (χ3v) is 3.31. The maximum atomic E-state index is 11.6. The van der Waals surface area contributed by atoms with E-state index in [4.69, 9.17) is 16.3 Å². The van der Waals surface area contributed by atoms with Crippen LogP contribution < -0.4 is 10.1 Å². The fourth-order valence-electron chi connectivity index (χ4n) is 1.77. The van der Waals surface area contributed by atoms with E-state index >= 15 is 0 Å². The van der Waals surface area contributed by atoms with Gasteiger partial charge < -0.3 is 15.0 Å². The van der Waals surface area contributed by atoms with Crippen molar-refractivity contribution in [2.24, 2.45) is 0 Å². The number of carbonyl (C=O) groups is 1. The summed E-state index contributed by atoms with van der Waals surface area (Å²) in [6.07, 6.45) is 0.362. The van der Waals surface area contributed by atoms with Gasteiger partial charge in [0.1, 0.15) is 5.75 Å². The zero-order valence-electron chi connectivity index (χ0n) is 12.2. The maximum Gasteiger partial charge on any atom is 0.223 e. The van der Waals surface area contributed by atoms with Crippen molar-refractivity contribution in [1.82, 2.24) is 10.2 Å². The molecule has 0 unspecified atom stereocenters. The number of hydrogen-bond donors (Lipinski definition) is 1. The lowest BCUT2D eigenvalue weighted by Crippen LogP contribution is -2.35. The van der Waals surface area contributed by atoms with E-state index in [0.717, 1.165) is 25.4 Å². The van der Waals surface area contributed by atoms with Crippen molar-refractivity contribution in [3.63, 3.8) is 0 Å². The van der Waals surface area contributed by atoms with Gasteiger partial charge in [0.2, 0.25) is 5.91 Å². The van der Waals surface area contributed by atoms with Gasteiger partial charge in [-0.1, -0.05) is 25.4 Å². The average molecular weight is 299 g/mol. The minimum atomic E-state index is 0.0196. The van der Waals surface area contributed by atoms with E-state index in [1.807, 2.05) is 0 Å². The minimum Gasteiger partial charge on any atom is -0.493 e. The van der Waals surface area contributed by atoms with Gasteiger partial charge in [0.25, 0.3) is 0 Å². The Morgan fingerprint density at radius 2 is 1.90 bits per heavy atom. The Morgan fingerprint density at radius 3 is 2.50 bits per heavy atom. The molecule has 5 heteroatoms. The topological polar surface area (TPSA) is 41.6 Å². The molecule has 0 aliphatic carbocycles. The SMILES string of the molecule is CCN(CC)CCNC(=O)CCOc1ccc(Cl)cc1. The molecule has 20 heavy (non-hydrogen) atoms. The van der Waals surface area contributed by atoms with Crippen LogP contribution in [0.1, 0.15) is 20.3 Å². The highest BCUT2D eigenvalue weighted by Gasteiger charge is 2.03. The molecule has 0 aliphatic rings. The summed E-state index contributed by atoms with van der Waals surface area (Å²) in [7, 11) is 0. The third-order valence-electron chi connectivity index (χ3n) is 3.06. The molecule has 0 heterocycles. The Kier molecular flexibility index (Phi) is 8.07. The molecule has 0 saturated heterocycles. The first kappa shape index (κ1) is 16.8. The lowest BCUT2D eigenvalue weighted by molar-refractivity contribution is -0.121. The van der Waals surface area contributed by atoms with Crippen molar-refractivity contribution < 1.29 is 9.53 Å². The molecule has 0 aromatic heterocycles. The number of rotatable bonds is 9. The van der Waals surface area contributed by atoms with Crippen LogP contribution in [0.4, 0.5) is 0 Å². The van der Waals surface area contributed by atoms with E-state index < -0.39 is 0 Å². The summed E-state index contributed by atoms with van der Waals surface area (Å²) >= 11 is 5.78. The van der Waals surface area contributed by atoms with E-state index in [9.17, 15) is 4.79 Å². The van der Waals surface area contributed by atoms with Gasteiger partial charge in [-0.05, 0) is 37.4 Å². The lowest BCUT2D eigenvalue weighted by Gasteiger charge is -2.17. The second-order valence-corrected chi connectivity index (χ2v) is 4.87. The van der Waals surface area contributed by atoms with Gasteiger partial charge in [-0.15, -0.1) is 0 Å². The highest BCUT2D eigenvalue weighted by molar-refractivity contribution is 6.30. The van der Waals surface area contributed by atoms with Crippen LogP contribution in [-0.2, 0) is 4.79 Å². The van der Waals surface area contributed by atoms with E-state index in [1.54, 1.807) is 24.3 Å². The van der Waals surface area contributed by atoms with Crippen molar-refractivity contribution in [2.45, 2.75) is 20.3 Å². The third kappa shape index (κ3) is 6.78. The number of nitrogens with one attached hydrogen (secondary N) is 1. The molecule has 0 aliphatic heterocycles. The Bertz CT molecular complexity index is 391. The van der Waals surface area contributed by atoms with E-state index in [-0.39, 0.29) is 5.91 Å². The summed E-state index contributed by atoms with van der Waals surface area (Å²) in [6, 6.07) is 7.11. The zero-order chi connectivity index (χ0) is 14.8. The van der Waals surface area contributed by atoms with Gasteiger partial charge >= 0.3 is 0 Å². The zero-order valence-corrected chi connectivity index (χ0v) is 12.9. The number of carbonyl (C=O) groups excluding carboxylic acids is 1. The van der Waals surface area contributed by atoms with Crippen LogP contribution >= 0.6 is 11.6 Å². The van der Waals surface area contributed by atoms with Gasteiger partial charge in [-0.2, -0.15) is 0 Å². The molecule has 0 saturated carbocycles. The molecule has 1 aromatic rings. The van der Waals surface area contributed by atoms with Crippen LogP contribution in [0.5, 0.6) is 5.75 Å². The largest absolute Gasteiger partial charge is 0.493 e. The van der Waals surface area contributed by atoms with Crippen molar-refractivity contribution in [3.05, 3.63) is 29.3 Å². The first-order chi connectivity index (χ1) is 9.65. The molecule has 0 fully saturated rings. The quantitative estimate of drug-likeness (QED) is 0.762. The van der Waals surface area contributed by atoms with E-state index in [0.29, 0.717) is 24.6 Å². The molecule has 0 atom stereocenters. The fraction of sp³-hybridized carbons (Fsp3) is 0.533. The van der Waals surface area contributed by atoms with Gasteiger partial charge in [-0.3, -0.25) is 4.79 Å². The van der Waals surface area contributed by atoms with Crippen LogP contribution in [-0.4, -0.2) is 43.6 Å². The predicted molar refractivity (Wildman–Crippen MR) is 82.4 cm³/mol. The Balaban J connectivity index is 2.12. The molecule has 1 aromatic carbocycles. The number of likely N-dealkylation sites (N-methyl/N-ethyl adjacent to an activating group) is 1. The maximum absolute atomic E-state index is 11.6. The number of amides is 1. The van der Waals surface area contributed by atoms with E-state index in [2.05, 4.69) is 24.1 Å². The van der Waals surface area contributed by atoms with Crippen LogP contribution in [0.25, 0.3) is 0 Å². The normalized spacial score (nSPS) is 10.6. The second kappa shape index (κ2) is 9.61. The Labute approximate surface area is 126 Å². The highest BCUT2D eigenvalue weighted by atomic mass is 35.5. The van der Waals surface area contributed by atoms with Gasteiger partial charge in [0, 0.05) is 18.1 Å². The van der Waals surface area contributed by atoms with Gasteiger partial charge in [0.15, 0.2) is 0 Å². The molecule has 4 nitrogen and oxygen atoms in total. The smallest absolute Gasteiger partial charge is 0.223 e. The number of ether oxygens (including phenoxy) is 1. The van der Waals surface area contributed by atoms with Crippen molar-refractivity contribution in [2.75, 3.05) is 32.8 Å². The summed E-state index contributed by atoms with van der Waals surface area (Å²) in [6.45, 7) is 8.19. The minimum absolute atomic E-state index is 0.0196. The predicted octanol–water partition coefficient (Wildman–Crippen LogP) is 2.57. The number of benzene rings is 1.